The number of benzene rings is 1. The Labute approximate surface area is 172 Å². The van der Waals surface area contributed by atoms with E-state index < -0.39 is 10.0 Å². The Kier molecular flexibility index (Phi) is 6.84. The van der Waals surface area contributed by atoms with Crippen molar-refractivity contribution in [3.8, 4) is 0 Å². The first-order valence-corrected chi connectivity index (χ1v) is 11.6. The van der Waals surface area contributed by atoms with Gasteiger partial charge in [-0.05, 0) is 56.5 Å². The van der Waals surface area contributed by atoms with E-state index in [4.69, 9.17) is 0 Å². The molecule has 3 rings (SSSR count). The van der Waals surface area contributed by atoms with Crippen LogP contribution in [0.15, 0.2) is 35.2 Å². The van der Waals surface area contributed by atoms with Crippen LogP contribution < -0.4 is 10.0 Å². The van der Waals surface area contributed by atoms with Crippen LogP contribution in [0.2, 0.25) is 0 Å². The minimum Gasteiger partial charge on any atom is -0.326 e. The van der Waals surface area contributed by atoms with Crippen LogP contribution in [0.1, 0.15) is 56.3 Å². The molecule has 0 radical (unpaired) electrons. The minimum atomic E-state index is -3.80. The third kappa shape index (κ3) is 6.25. The molecule has 1 heterocycles. The summed E-state index contributed by atoms with van der Waals surface area (Å²) in [5, 5.41) is 2.85. The molecule has 156 valence electrons. The van der Waals surface area contributed by atoms with Crippen LogP contribution in [0, 0.1) is 19.8 Å². The average molecular weight is 417 g/mol. The van der Waals surface area contributed by atoms with Gasteiger partial charge < -0.3 is 5.32 Å². The van der Waals surface area contributed by atoms with Gasteiger partial charge in [0.2, 0.25) is 11.9 Å². The molecular weight excluding hydrogens is 388 g/mol. The Bertz CT molecular complexity index is 932. The highest BCUT2D eigenvalue weighted by molar-refractivity contribution is 7.92. The third-order valence-electron chi connectivity index (χ3n) is 5.16. The van der Waals surface area contributed by atoms with Gasteiger partial charge in [0, 0.05) is 23.5 Å². The number of carbonyl (C=O) groups excluding carboxylic acids is 1. The maximum absolute atomic E-state index is 12.6. The first kappa shape index (κ1) is 21.2. The highest BCUT2D eigenvalue weighted by Gasteiger charge is 2.17. The summed E-state index contributed by atoms with van der Waals surface area (Å²) in [6.07, 6.45) is 7.69. The largest absolute Gasteiger partial charge is 0.326 e. The highest BCUT2D eigenvalue weighted by Crippen LogP contribution is 2.27. The van der Waals surface area contributed by atoms with Crippen LogP contribution in [-0.4, -0.2) is 24.3 Å². The smallest absolute Gasteiger partial charge is 0.264 e. The van der Waals surface area contributed by atoms with E-state index in [1.807, 2.05) is 0 Å². The first-order chi connectivity index (χ1) is 13.8. The summed E-state index contributed by atoms with van der Waals surface area (Å²) in [4.78, 5) is 20.5. The summed E-state index contributed by atoms with van der Waals surface area (Å²) in [6, 6.07) is 7.87. The fourth-order valence-electron chi connectivity index (χ4n) is 3.70. The van der Waals surface area contributed by atoms with Crippen LogP contribution >= 0.6 is 0 Å². The van der Waals surface area contributed by atoms with E-state index in [1.54, 1.807) is 32.0 Å². The number of sulfonamides is 1. The summed E-state index contributed by atoms with van der Waals surface area (Å²) in [5.74, 6) is 0.663. The van der Waals surface area contributed by atoms with Crippen molar-refractivity contribution in [1.29, 1.82) is 0 Å². The molecule has 1 amide bonds. The Balaban J connectivity index is 1.57. The molecule has 2 aromatic rings. The van der Waals surface area contributed by atoms with Crippen molar-refractivity contribution in [2.75, 3.05) is 10.0 Å². The quantitative estimate of drug-likeness (QED) is 0.705. The molecule has 0 spiro atoms. The summed E-state index contributed by atoms with van der Waals surface area (Å²) in [5.41, 5.74) is 1.95. The number of anilines is 2. The number of hydrogen-bond donors (Lipinski definition) is 2. The topological polar surface area (TPSA) is 101 Å². The lowest BCUT2D eigenvalue weighted by molar-refractivity contribution is -0.116. The van der Waals surface area contributed by atoms with Gasteiger partial charge in [0.1, 0.15) is 0 Å². The Morgan fingerprint density at radius 1 is 1.03 bits per heavy atom. The van der Waals surface area contributed by atoms with Gasteiger partial charge in [0.25, 0.3) is 10.0 Å². The summed E-state index contributed by atoms with van der Waals surface area (Å²) >= 11 is 0. The third-order valence-corrected chi connectivity index (χ3v) is 6.50. The van der Waals surface area contributed by atoms with E-state index in [9.17, 15) is 13.2 Å². The molecular formula is C21H28N4O3S. The second kappa shape index (κ2) is 9.35. The molecule has 7 nitrogen and oxygen atoms in total. The fourth-order valence-corrected chi connectivity index (χ4v) is 4.65. The van der Waals surface area contributed by atoms with Gasteiger partial charge in [-0.1, -0.05) is 32.1 Å². The van der Waals surface area contributed by atoms with Crippen molar-refractivity contribution in [2.45, 2.75) is 63.7 Å². The minimum absolute atomic E-state index is 0.0343. The molecule has 1 aliphatic carbocycles. The van der Waals surface area contributed by atoms with Crippen molar-refractivity contribution < 1.29 is 13.2 Å². The van der Waals surface area contributed by atoms with E-state index in [-0.39, 0.29) is 16.8 Å². The summed E-state index contributed by atoms with van der Waals surface area (Å²) in [6.45, 7) is 3.55. The van der Waals surface area contributed by atoms with Gasteiger partial charge in [-0.25, -0.2) is 23.1 Å². The van der Waals surface area contributed by atoms with Gasteiger partial charge in [-0.15, -0.1) is 0 Å². The fraction of sp³-hybridized carbons (Fsp3) is 0.476. The van der Waals surface area contributed by atoms with Gasteiger partial charge in [0.15, 0.2) is 0 Å². The molecule has 1 fully saturated rings. The molecule has 0 unspecified atom stereocenters. The normalized spacial score (nSPS) is 15.1. The van der Waals surface area contributed by atoms with Gasteiger partial charge in [0.05, 0.1) is 4.90 Å². The number of carbonyl (C=O) groups is 1. The van der Waals surface area contributed by atoms with E-state index in [0.29, 0.717) is 29.4 Å². The zero-order chi connectivity index (χ0) is 20.9. The molecule has 1 aliphatic rings. The van der Waals surface area contributed by atoms with Gasteiger partial charge in [-0.2, -0.15) is 0 Å². The lowest BCUT2D eigenvalue weighted by atomic mass is 9.86. The van der Waals surface area contributed by atoms with Crippen molar-refractivity contribution in [3.05, 3.63) is 41.7 Å². The zero-order valence-electron chi connectivity index (χ0n) is 16.9. The van der Waals surface area contributed by atoms with E-state index >= 15 is 0 Å². The SMILES string of the molecule is Cc1cc(C)nc(NS(=O)(=O)c2ccc(NC(=O)CCC3CCCCC3)cc2)n1. The molecule has 0 saturated heterocycles. The highest BCUT2D eigenvalue weighted by atomic mass is 32.2. The lowest BCUT2D eigenvalue weighted by Crippen LogP contribution is -2.16. The molecule has 1 aromatic carbocycles. The van der Waals surface area contributed by atoms with Crippen molar-refractivity contribution >= 4 is 27.6 Å². The number of aryl methyl sites for hydroxylation is 2. The molecule has 0 atom stereocenters. The van der Waals surface area contributed by atoms with Crippen molar-refractivity contribution in [2.24, 2.45) is 5.92 Å². The van der Waals surface area contributed by atoms with E-state index in [2.05, 4.69) is 20.0 Å². The first-order valence-electron chi connectivity index (χ1n) is 10.1. The number of rotatable bonds is 7. The molecule has 29 heavy (non-hydrogen) atoms. The molecule has 2 N–H and O–H groups in total. The summed E-state index contributed by atoms with van der Waals surface area (Å²) < 4.78 is 27.5. The predicted molar refractivity (Wildman–Crippen MR) is 113 cm³/mol. The van der Waals surface area contributed by atoms with Crippen molar-refractivity contribution in [3.63, 3.8) is 0 Å². The van der Waals surface area contributed by atoms with Crippen LogP contribution in [-0.2, 0) is 14.8 Å². The van der Waals surface area contributed by atoms with E-state index in [0.717, 1.165) is 6.42 Å². The number of hydrogen-bond acceptors (Lipinski definition) is 5. The van der Waals surface area contributed by atoms with Crippen LogP contribution in [0.25, 0.3) is 0 Å². The molecule has 1 aromatic heterocycles. The Morgan fingerprint density at radius 3 is 2.28 bits per heavy atom. The van der Waals surface area contributed by atoms with Gasteiger partial charge >= 0.3 is 0 Å². The van der Waals surface area contributed by atoms with Gasteiger partial charge in [-0.3, -0.25) is 4.79 Å². The lowest BCUT2D eigenvalue weighted by Gasteiger charge is -2.21. The average Bonchev–Trinajstić information content (AvgIpc) is 2.66. The maximum Gasteiger partial charge on any atom is 0.264 e. The Hall–Kier alpha value is -2.48. The summed E-state index contributed by atoms with van der Waals surface area (Å²) in [7, 11) is -3.80. The van der Waals surface area contributed by atoms with Crippen LogP contribution in [0.3, 0.4) is 0 Å². The van der Waals surface area contributed by atoms with Crippen LogP contribution in [0.5, 0.6) is 0 Å². The molecule has 1 saturated carbocycles. The molecule has 0 aliphatic heterocycles. The van der Waals surface area contributed by atoms with Crippen LogP contribution in [0.4, 0.5) is 11.6 Å². The number of amides is 1. The maximum atomic E-state index is 12.6. The zero-order valence-corrected chi connectivity index (χ0v) is 17.8. The standard InChI is InChI=1S/C21H28N4O3S/c1-15-14-16(2)23-21(22-15)25-29(27,28)19-11-9-18(10-12-19)24-20(26)13-8-17-6-4-3-5-7-17/h9-12,14,17H,3-8,13H2,1-2H3,(H,24,26)(H,22,23,25). The second-order valence-electron chi connectivity index (χ2n) is 7.70. The second-order valence-corrected chi connectivity index (χ2v) is 9.38. The molecule has 0 bridgehead atoms. The van der Waals surface area contributed by atoms with E-state index in [1.165, 1.54) is 44.2 Å². The number of aromatic nitrogens is 2. The monoisotopic (exact) mass is 416 g/mol. The van der Waals surface area contributed by atoms with Crippen molar-refractivity contribution in [1.82, 2.24) is 9.97 Å². The predicted octanol–water partition coefficient (Wildman–Crippen LogP) is 4.19. The Morgan fingerprint density at radius 2 is 1.66 bits per heavy atom. The molecule has 8 heteroatoms. The number of nitrogens with zero attached hydrogens (tertiary/aromatic N) is 2. The number of nitrogens with one attached hydrogen (secondary N) is 2.